The highest BCUT2D eigenvalue weighted by molar-refractivity contribution is 6.00. The molecule has 6 heteroatoms. The maximum absolute atomic E-state index is 12.0. The van der Waals surface area contributed by atoms with Gasteiger partial charge >= 0.3 is 12.0 Å². The minimum atomic E-state index is -0.498. The fraction of sp³-hybridized carbons (Fsp3) is 0.364. The highest BCUT2D eigenvalue weighted by Gasteiger charge is 2.14. The third-order valence-electron chi connectivity index (χ3n) is 4.18. The monoisotopic (exact) mass is 384 g/mol. The van der Waals surface area contributed by atoms with Crippen molar-refractivity contribution in [2.24, 2.45) is 0 Å². The number of carbonyl (C=O) groups excluding carboxylic acids is 2. The van der Waals surface area contributed by atoms with E-state index in [2.05, 4.69) is 43.5 Å². The van der Waals surface area contributed by atoms with Gasteiger partial charge in [-0.15, -0.1) is 0 Å². The number of anilines is 1. The van der Waals surface area contributed by atoms with Crippen molar-refractivity contribution < 1.29 is 19.1 Å². The first-order chi connectivity index (χ1) is 13.3. The van der Waals surface area contributed by atoms with Crippen molar-refractivity contribution in [2.75, 3.05) is 25.6 Å². The third kappa shape index (κ3) is 6.30. The van der Waals surface area contributed by atoms with Crippen LogP contribution in [0.2, 0.25) is 0 Å². The summed E-state index contributed by atoms with van der Waals surface area (Å²) in [5.74, 6) is 0.311. The average molecular weight is 384 g/mol. The Morgan fingerprint density at radius 1 is 1.00 bits per heavy atom. The van der Waals surface area contributed by atoms with Gasteiger partial charge in [0.05, 0.1) is 25.0 Å². The Hall–Kier alpha value is -3.02. The number of amides is 2. The largest absolute Gasteiger partial charge is 0.494 e. The molecule has 28 heavy (non-hydrogen) atoms. The minimum absolute atomic E-state index is 0.113. The van der Waals surface area contributed by atoms with E-state index < -0.39 is 5.97 Å². The molecule has 0 aliphatic heterocycles. The van der Waals surface area contributed by atoms with Crippen LogP contribution in [0.3, 0.4) is 0 Å². The summed E-state index contributed by atoms with van der Waals surface area (Å²) < 4.78 is 10.4. The van der Waals surface area contributed by atoms with Gasteiger partial charge in [-0.2, -0.15) is 0 Å². The topological polar surface area (TPSA) is 76.7 Å². The van der Waals surface area contributed by atoms with Gasteiger partial charge in [0.25, 0.3) is 0 Å². The average Bonchev–Trinajstić information content (AvgIpc) is 2.67. The predicted molar refractivity (Wildman–Crippen MR) is 110 cm³/mol. The summed E-state index contributed by atoms with van der Waals surface area (Å²) in [6.45, 7) is 7.45. The van der Waals surface area contributed by atoms with Crippen LogP contribution in [0.1, 0.15) is 43.1 Å². The lowest BCUT2D eigenvalue weighted by molar-refractivity contribution is 0.0602. The smallest absolute Gasteiger partial charge is 0.339 e. The lowest BCUT2D eigenvalue weighted by Gasteiger charge is -2.19. The van der Waals surface area contributed by atoms with E-state index in [0.717, 1.165) is 5.75 Å². The van der Waals surface area contributed by atoms with Crippen molar-refractivity contribution in [3.63, 3.8) is 0 Å². The Kier molecular flexibility index (Phi) is 7.44. The van der Waals surface area contributed by atoms with Crippen molar-refractivity contribution in [3.8, 4) is 5.75 Å². The Morgan fingerprint density at radius 3 is 2.32 bits per heavy atom. The van der Waals surface area contributed by atoms with Crippen LogP contribution in [0.5, 0.6) is 5.75 Å². The highest BCUT2D eigenvalue weighted by atomic mass is 16.5. The zero-order valence-electron chi connectivity index (χ0n) is 16.9. The summed E-state index contributed by atoms with van der Waals surface area (Å²) in [4.78, 5) is 23.7. The number of ether oxygens (including phenoxy) is 2. The van der Waals surface area contributed by atoms with Crippen molar-refractivity contribution in [3.05, 3.63) is 59.7 Å². The summed E-state index contributed by atoms with van der Waals surface area (Å²) in [5, 5.41) is 5.41. The Morgan fingerprint density at radius 2 is 1.68 bits per heavy atom. The van der Waals surface area contributed by atoms with Crippen LogP contribution in [0.4, 0.5) is 10.5 Å². The van der Waals surface area contributed by atoms with E-state index in [4.69, 9.17) is 9.47 Å². The van der Waals surface area contributed by atoms with Crippen molar-refractivity contribution >= 4 is 17.7 Å². The second kappa shape index (κ2) is 9.78. The molecular formula is C22H28N2O4. The van der Waals surface area contributed by atoms with Crippen molar-refractivity contribution in [2.45, 2.75) is 32.6 Å². The summed E-state index contributed by atoms with van der Waals surface area (Å²) in [7, 11) is 1.30. The fourth-order valence-electron chi connectivity index (χ4n) is 2.56. The minimum Gasteiger partial charge on any atom is -0.494 e. The number of nitrogens with one attached hydrogen (secondary N) is 2. The first-order valence-electron chi connectivity index (χ1n) is 9.27. The third-order valence-corrected chi connectivity index (χ3v) is 4.18. The van der Waals surface area contributed by atoms with Crippen LogP contribution in [0.25, 0.3) is 0 Å². The molecule has 0 aromatic heterocycles. The lowest BCUT2D eigenvalue weighted by atomic mass is 9.87. The Bertz CT molecular complexity index is 795. The quantitative estimate of drug-likeness (QED) is 0.549. The molecule has 2 N–H and O–H groups in total. The molecule has 2 aromatic carbocycles. The summed E-state index contributed by atoms with van der Waals surface area (Å²) >= 11 is 0. The molecule has 0 aliphatic carbocycles. The Balaban J connectivity index is 1.73. The molecule has 2 aromatic rings. The van der Waals surface area contributed by atoms with E-state index in [1.54, 1.807) is 24.3 Å². The van der Waals surface area contributed by atoms with Crippen LogP contribution >= 0.6 is 0 Å². The van der Waals surface area contributed by atoms with Gasteiger partial charge in [-0.1, -0.05) is 45.0 Å². The van der Waals surface area contributed by atoms with E-state index in [-0.39, 0.29) is 11.4 Å². The number of carbonyl (C=O) groups is 2. The standard InChI is InChI=1S/C22H28N2O4/c1-22(2,3)16-10-12-17(13-11-16)28-15-7-14-23-21(26)24-19-9-6-5-8-18(19)20(25)27-4/h5-6,8-13H,7,14-15H2,1-4H3,(H2,23,24,26). The first-order valence-corrected chi connectivity index (χ1v) is 9.27. The highest BCUT2D eigenvalue weighted by Crippen LogP contribution is 2.24. The van der Waals surface area contributed by atoms with Gasteiger partial charge < -0.3 is 20.1 Å². The zero-order valence-corrected chi connectivity index (χ0v) is 16.9. The fourth-order valence-corrected chi connectivity index (χ4v) is 2.56. The normalized spacial score (nSPS) is 10.9. The SMILES string of the molecule is COC(=O)c1ccccc1NC(=O)NCCCOc1ccc(C(C)(C)C)cc1. The molecule has 0 unspecified atom stereocenters. The van der Waals surface area contributed by atoms with Gasteiger partial charge in [0, 0.05) is 6.54 Å². The lowest BCUT2D eigenvalue weighted by Crippen LogP contribution is -2.30. The van der Waals surface area contributed by atoms with Crippen LogP contribution in [0.15, 0.2) is 48.5 Å². The van der Waals surface area contributed by atoms with Gasteiger partial charge in [-0.25, -0.2) is 9.59 Å². The molecule has 0 fully saturated rings. The van der Waals surface area contributed by atoms with Gasteiger partial charge in [-0.3, -0.25) is 0 Å². The number of esters is 1. The second-order valence-corrected chi connectivity index (χ2v) is 7.39. The number of urea groups is 1. The molecule has 0 aliphatic rings. The van der Waals surface area contributed by atoms with Gasteiger partial charge in [0.15, 0.2) is 0 Å². The molecule has 6 nitrogen and oxygen atoms in total. The molecule has 2 rings (SSSR count). The number of rotatable bonds is 7. The maximum Gasteiger partial charge on any atom is 0.339 e. The molecule has 150 valence electrons. The summed E-state index contributed by atoms with van der Waals surface area (Å²) in [6.07, 6.45) is 0.660. The molecule has 0 heterocycles. The summed E-state index contributed by atoms with van der Waals surface area (Å²) in [5.41, 5.74) is 2.08. The van der Waals surface area contributed by atoms with Crippen molar-refractivity contribution in [1.82, 2.24) is 5.32 Å². The molecule has 0 radical (unpaired) electrons. The van der Waals surface area contributed by atoms with Crippen LogP contribution < -0.4 is 15.4 Å². The molecular weight excluding hydrogens is 356 g/mol. The van der Waals surface area contributed by atoms with Crippen molar-refractivity contribution in [1.29, 1.82) is 0 Å². The van der Waals surface area contributed by atoms with Gasteiger partial charge in [-0.05, 0) is 41.7 Å². The molecule has 0 saturated carbocycles. The van der Waals surface area contributed by atoms with Gasteiger partial charge in [0.1, 0.15) is 5.75 Å². The van der Waals surface area contributed by atoms with E-state index in [1.807, 2.05) is 12.1 Å². The molecule has 0 spiro atoms. The second-order valence-electron chi connectivity index (χ2n) is 7.39. The number of para-hydroxylation sites is 1. The molecule has 0 bridgehead atoms. The van der Waals surface area contributed by atoms with E-state index in [9.17, 15) is 9.59 Å². The van der Waals surface area contributed by atoms with Crippen LogP contribution in [-0.2, 0) is 10.2 Å². The predicted octanol–water partition coefficient (Wildman–Crippen LogP) is 4.36. The van der Waals surface area contributed by atoms with Crippen LogP contribution in [0, 0.1) is 0 Å². The Labute approximate surface area is 166 Å². The molecule has 2 amide bonds. The first kappa shape index (κ1) is 21.3. The number of benzene rings is 2. The molecule has 0 atom stereocenters. The number of hydrogen-bond donors (Lipinski definition) is 2. The summed E-state index contributed by atoms with van der Waals surface area (Å²) in [6, 6.07) is 14.4. The molecule has 0 saturated heterocycles. The maximum atomic E-state index is 12.0. The number of methoxy groups -OCH3 is 1. The van der Waals surface area contributed by atoms with E-state index in [0.29, 0.717) is 30.8 Å². The number of hydrogen-bond acceptors (Lipinski definition) is 4. The van der Waals surface area contributed by atoms with Gasteiger partial charge in [0.2, 0.25) is 0 Å². The van der Waals surface area contributed by atoms with E-state index >= 15 is 0 Å². The van der Waals surface area contributed by atoms with E-state index in [1.165, 1.54) is 12.7 Å². The zero-order chi connectivity index (χ0) is 20.6. The van der Waals surface area contributed by atoms with Crippen LogP contribution in [-0.4, -0.2) is 32.3 Å².